The number of nitrogens with zero attached hydrogens (tertiary/aromatic N) is 1. The highest BCUT2D eigenvalue weighted by Crippen LogP contribution is 2.26. The molecule has 0 radical (unpaired) electrons. The van der Waals surface area contributed by atoms with E-state index in [9.17, 15) is 17.6 Å². The van der Waals surface area contributed by atoms with Crippen molar-refractivity contribution in [3.05, 3.63) is 65.0 Å². The van der Waals surface area contributed by atoms with Gasteiger partial charge in [0.05, 0.1) is 10.8 Å². The molecule has 0 saturated carbocycles. The lowest BCUT2D eigenvalue weighted by atomic mass is 9.98. The molecule has 2 aromatic rings. The van der Waals surface area contributed by atoms with Crippen molar-refractivity contribution in [2.45, 2.75) is 38.2 Å². The zero-order chi connectivity index (χ0) is 20.3. The van der Waals surface area contributed by atoms with Crippen molar-refractivity contribution in [2.24, 2.45) is 5.92 Å². The highest BCUT2D eigenvalue weighted by atomic mass is 32.2. The van der Waals surface area contributed by atoms with Crippen LogP contribution in [0.3, 0.4) is 0 Å². The summed E-state index contributed by atoms with van der Waals surface area (Å²) in [6.45, 7) is 4.38. The average molecular weight is 405 g/mol. The number of benzene rings is 2. The maximum atomic E-state index is 13.2. The number of ether oxygens (including phenoxy) is 1. The summed E-state index contributed by atoms with van der Waals surface area (Å²) in [5, 5.41) is 0. The molecule has 0 atom stereocenters. The van der Waals surface area contributed by atoms with E-state index in [1.165, 1.54) is 16.4 Å². The number of carbonyl (C=O) groups is 1. The number of sulfonamides is 1. The second kappa shape index (κ2) is 8.41. The Balaban J connectivity index is 1.57. The van der Waals surface area contributed by atoms with Gasteiger partial charge < -0.3 is 4.74 Å². The van der Waals surface area contributed by atoms with Crippen molar-refractivity contribution in [3.63, 3.8) is 0 Å². The lowest BCUT2D eigenvalue weighted by molar-refractivity contribution is -0.151. The van der Waals surface area contributed by atoms with Crippen LogP contribution < -0.4 is 0 Å². The topological polar surface area (TPSA) is 63.7 Å². The monoisotopic (exact) mass is 405 g/mol. The van der Waals surface area contributed by atoms with E-state index >= 15 is 0 Å². The zero-order valence-corrected chi connectivity index (χ0v) is 16.8. The van der Waals surface area contributed by atoms with E-state index in [1.807, 2.05) is 13.8 Å². The maximum absolute atomic E-state index is 13.2. The quantitative estimate of drug-likeness (QED) is 0.713. The Morgan fingerprint density at radius 3 is 2.46 bits per heavy atom. The van der Waals surface area contributed by atoms with Crippen LogP contribution in [0.2, 0.25) is 0 Å². The summed E-state index contributed by atoms with van der Waals surface area (Å²) in [7, 11) is -3.57. The molecular formula is C21H24FNO4S. The first-order valence-electron chi connectivity index (χ1n) is 9.26. The summed E-state index contributed by atoms with van der Waals surface area (Å²) in [6, 6.07) is 11.0. The van der Waals surface area contributed by atoms with Crippen LogP contribution >= 0.6 is 0 Å². The number of rotatable bonds is 5. The third-order valence-corrected chi connectivity index (χ3v) is 7.07. The number of esters is 1. The molecule has 0 spiro atoms. The van der Waals surface area contributed by atoms with Gasteiger partial charge in [0.25, 0.3) is 0 Å². The van der Waals surface area contributed by atoms with Gasteiger partial charge in [0, 0.05) is 13.1 Å². The predicted molar refractivity (Wildman–Crippen MR) is 104 cm³/mol. The Bertz CT molecular complexity index is 966. The Hall–Kier alpha value is -2.25. The van der Waals surface area contributed by atoms with Gasteiger partial charge in [0.2, 0.25) is 10.0 Å². The van der Waals surface area contributed by atoms with Gasteiger partial charge in [-0.2, -0.15) is 4.31 Å². The summed E-state index contributed by atoms with van der Waals surface area (Å²) in [6.07, 6.45) is 0.818. The van der Waals surface area contributed by atoms with Crippen molar-refractivity contribution in [1.82, 2.24) is 4.31 Å². The lowest BCUT2D eigenvalue weighted by Crippen LogP contribution is -2.40. The van der Waals surface area contributed by atoms with E-state index in [2.05, 4.69) is 0 Å². The minimum atomic E-state index is -3.57. The van der Waals surface area contributed by atoms with Crippen LogP contribution in [0.5, 0.6) is 0 Å². The molecule has 0 aromatic heterocycles. The van der Waals surface area contributed by atoms with E-state index in [0.29, 0.717) is 18.4 Å². The van der Waals surface area contributed by atoms with Crippen molar-refractivity contribution in [3.8, 4) is 0 Å². The van der Waals surface area contributed by atoms with Crippen LogP contribution in [0, 0.1) is 25.6 Å². The van der Waals surface area contributed by atoms with Gasteiger partial charge in [-0.25, -0.2) is 12.8 Å². The van der Waals surface area contributed by atoms with Gasteiger partial charge in [-0.1, -0.05) is 18.2 Å². The smallest absolute Gasteiger partial charge is 0.309 e. The van der Waals surface area contributed by atoms with Crippen LogP contribution in [0.15, 0.2) is 47.4 Å². The van der Waals surface area contributed by atoms with Crippen molar-refractivity contribution < 1.29 is 22.3 Å². The normalized spacial score (nSPS) is 16.1. The number of carbonyl (C=O) groups excluding carboxylic acids is 1. The third kappa shape index (κ3) is 4.59. The van der Waals surface area contributed by atoms with E-state index < -0.39 is 10.0 Å². The van der Waals surface area contributed by atoms with Gasteiger partial charge in [0.15, 0.2) is 0 Å². The van der Waals surface area contributed by atoms with E-state index in [1.54, 1.807) is 30.3 Å². The molecule has 0 amide bonds. The fourth-order valence-corrected chi connectivity index (χ4v) is 4.81. The number of aryl methyl sites for hydroxylation is 2. The molecule has 2 aromatic carbocycles. The van der Waals surface area contributed by atoms with Crippen molar-refractivity contribution in [2.75, 3.05) is 13.1 Å². The lowest BCUT2D eigenvalue weighted by Gasteiger charge is -2.30. The van der Waals surface area contributed by atoms with Crippen LogP contribution in [-0.4, -0.2) is 31.8 Å². The fraction of sp³-hybridized carbons (Fsp3) is 0.381. The second-order valence-electron chi connectivity index (χ2n) is 7.16. The van der Waals surface area contributed by atoms with Crippen LogP contribution in [0.25, 0.3) is 0 Å². The largest absolute Gasteiger partial charge is 0.461 e. The summed E-state index contributed by atoms with van der Waals surface area (Å²) < 4.78 is 45.6. The maximum Gasteiger partial charge on any atom is 0.309 e. The second-order valence-corrected chi connectivity index (χ2v) is 9.10. The molecular weight excluding hydrogens is 381 g/mol. The highest BCUT2D eigenvalue weighted by molar-refractivity contribution is 7.89. The summed E-state index contributed by atoms with van der Waals surface area (Å²) in [4.78, 5) is 12.6. The number of hydrogen-bond donors (Lipinski definition) is 0. The molecule has 5 nitrogen and oxygen atoms in total. The first-order valence-corrected chi connectivity index (χ1v) is 10.7. The number of piperidine rings is 1. The van der Waals surface area contributed by atoms with Crippen LogP contribution in [0.4, 0.5) is 4.39 Å². The van der Waals surface area contributed by atoms with Crippen molar-refractivity contribution in [1.29, 1.82) is 0 Å². The SMILES string of the molecule is Cc1ccc(S(=O)(=O)N2CCC(C(=O)OCc3cccc(F)c3)CC2)cc1C. The van der Waals surface area contributed by atoms with Crippen LogP contribution in [0.1, 0.15) is 29.5 Å². The average Bonchev–Trinajstić information content (AvgIpc) is 2.68. The van der Waals surface area contributed by atoms with E-state index in [4.69, 9.17) is 4.74 Å². The first kappa shape index (κ1) is 20.5. The summed E-state index contributed by atoms with van der Waals surface area (Å²) in [5.41, 5.74) is 2.55. The molecule has 1 aliphatic heterocycles. The molecule has 0 bridgehead atoms. The van der Waals surface area contributed by atoms with E-state index in [-0.39, 0.29) is 42.3 Å². The van der Waals surface area contributed by atoms with Gasteiger partial charge in [0.1, 0.15) is 12.4 Å². The molecule has 28 heavy (non-hydrogen) atoms. The van der Waals surface area contributed by atoms with Gasteiger partial charge in [-0.15, -0.1) is 0 Å². The Morgan fingerprint density at radius 1 is 1.11 bits per heavy atom. The van der Waals surface area contributed by atoms with Gasteiger partial charge >= 0.3 is 5.97 Å². The summed E-state index contributed by atoms with van der Waals surface area (Å²) >= 11 is 0. The minimum absolute atomic E-state index is 0.0117. The highest BCUT2D eigenvalue weighted by Gasteiger charge is 2.32. The number of halogens is 1. The Morgan fingerprint density at radius 2 is 1.82 bits per heavy atom. The molecule has 3 rings (SSSR count). The molecule has 1 fully saturated rings. The van der Waals surface area contributed by atoms with Crippen molar-refractivity contribution >= 4 is 16.0 Å². The first-order chi connectivity index (χ1) is 13.3. The Labute approximate surface area is 165 Å². The standard InChI is InChI=1S/C21H24FNO4S/c1-15-6-7-20(12-16(15)2)28(25,26)23-10-8-18(9-11-23)21(24)27-14-17-4-3-5-19(22)13-17/h3-7,12-13,18H,8-11,14H2,1-2H3. The molecule has 150 valence electrons. The van der Waals surface area contributed by atoms with E-state index in [0.717, 1.165) is 11.1 Å². The summed E-state index contributed by atoms with van der Waals surface area (Å²) in [5.74, 6) is -1.09. The molecule has 1 aliphatic rings. The fourth-order valence-electron chi connectivity index (χ4n) is 3.25. The number of hydrogen-bond acceptors (Lipinski definition) is 4. The predicted octanol–water partition coefficient (Wildman–Crippen LogP) is 3.59. The third-order valence-electron chi connectivity index (χ3n) is 5.17. The van der Waals surface area contributed by atoms with Gasteiger partial charge in [-0.3, -0.25) is 4.79 Å². The molecule has 1 heterocycles. The molecule has 0 N–H and O–H groups in total. The van der Waals surface area contributed by atoms with Crippen LogP contribution in [-0.2, 0) is 26.2 Å². The Kier molecular flexibility index (Phi) is 6.15. The molecule has 7 heteroatoms. The molecule has 0 unspecified atom stereocenters. The minimum Gasteiger partial charge on any atom is -0.461 e. The zero-order valence-electron chi connectivity index (χ0n) is 16.0. The van der Waals surface area contributed by atoms with Gasteiger partial charge in [-0.05, 0) is 67.6 Å². The molecule has 1 saturated heterocycles. The molecule has 0 aliphatic carbocycles.